The van der Waals surface area contributed by atoms with Crippen LogP contribution in [0.15, 0.2) is 53.6 Å². The zero-order chi connectivity index (χ0) is 16.4. The maximum absolute atomic E-state index is 12.0. The minimum atomic E-state index is -0.208. The van der Waals surface area contributed by atoms with E-state index >= 15 is 0 Å². The van der Waals surface area contributed by atoms with Crippen molar-refractivity contribution < 1.29 is 0 Å². The molecule has 3 aromatic rings. The largest absolute Gasteiger partial charge is 0.398 e. The Labute approximate surface area is 134 Å². The van der Waals surface area contributed by atoms with Gasteiger partial charge in [0.2, 0.25) is 0 Å². The van der Waals surface area contributed by atoms with Gasteiger partial charge in [-0.25, -0.2) is 4.98 Å². The summed E-state index contributed by atoms with van der Waals surface area (Å²) < 4.78 is 0. The maximum Gasteiger partial charge on any atom is 0.251 e. The third-order valence-corrected chi connectivity index (χ3v) is 3.68. The van der Waals surface area contributed by atoms with Crippen molar-refractivity contribution in [3.05, 3.63) is 64.7 Å². The highest BCUT2D eigenvalue weighted by Crippen LogP contribution is 2.27. The average molecular weight is 306 g/mol. The zero-order valence-corrected chi connectivity index (χ0v) is 13.1. The van der Waals surface area contributed by atoms with Crippen LogP contribution in [0.2, 0.25) is 0 Å². The Morgan fingerprint density at radius 3 is 2.61 bits per heavy atom. The number of nitrogen functional groups attached to an aromatic ring is 1. The monoisotopic (exact) mass is 306 g/mol. The number of nitrogens with two attached hydrogens (primary N) is 1. The lowest BCUT2D eigenvalue weighted by atomic mass is 9.98. The average Bonchev–Trinajstić information content (AvgIpc) is 2.54. The predicted octanol–water partition coefficient (Wildman–Crippen LogP) is 3.20. The van der Waals surface area contributed by atoms with E-state index in [1.165, 1.54) is 6.07 Å². The minimum Gasteiger partial charge on any atom is -0.398 e. The van der Waals surface area contributed by atoms with Crippen molar-refractivity contribution in [1.29, 1.82) is 0 Å². The van der Waals surface area contributed by atoms with E-state index in [0.29, 0.717) is 23.1 Å². The van der Waals surface area contributed by atoms with Crippen LogP contribution in [0.4, 0.5) is 5.69 Å². The Morgan fingerprint density at radius 2 is 1.96 bits per heavy atom. The van der Waals surface area contributed by atoms with E-state index in [0.717, 1.165) is 16.7 Å². The molecule has 0 spiro atoms. The first kappa shape index (κ1) is 15.0. The molecule has 0 atom stereocenters. The van der Waals surface area contributed by atoms with Gasteiger partial charge in [0.25, 0.3) is 5.56 Å². The first-order valence-corrected chi connectivity index (χ1v) is 7.46. The molecule has 116 valence electrons. The fraction of sp³-hybridized carbons (Fsp3) is 0.167. The second-order valence-electron chi connectivity index (χ2n) is 5.72. The molecule has 0 aliphatic rings. The second kappa shape index (κ2) is 6.04. The molecule has 1 aromatic carbocycles. The molecule has 0 bridgehead atoms. The second-order valence-corrected chi connectivity index (χ2v) is 5.72. The summed E-state index contributed by atoms with van der Waals surface area (Å²) in [6.07, 6.45) is 3.34. The van der Waals surface area contributed by atoms with Gasteiger partial charge in [-0.3, -0.25) is 9.78 Å². The Morgan fingerprint density at radius 1 is 1.13 bits per heavy atom. The van der Waals surface area contributed by atoms with Crippen LogP contribution in [0.3, 0.4) is 0 Å². The van der Waals surface area contributed by atoms with Crippen molar-refractivity contribution in [2.45, 2.75) is 19.8 Å². The smallest absolute Gasteiger partial charge is 0.251 e. The molecule has 3 rings (SSSR count). The molecule has 5 heteroatoms. The molecule has 5 nitrogen and oxygen atoms in total. The number of nitrogens with zero attached hydrogens (tertiary/aromatic N) is 2. The summed E-state index contributed by atoms with van der Waals surface area (Å²) in [4.78, 5) is 23.3. The molecule has 0 saturated heterocycles. The van der Waals surface area contributed by atoms with Crippen LogP contribution in [0, 0.1) is 0 Å². The molecule has 0 unspecified atom stereocenters. The van der Waals surface area contributed by atoms with Gasteiger partial charge < -0.3 is 10.7 Å². The summed E-state index contributed by atoms with van der Waals surface area (Å²) in [5, 5.41) is 0. The van der Waals surface area contributed by atoms with Gasteiger partial charge >= 0.3 is 0 Å². The predicted molar refractivity (Wildman–Crippen MR) is 92.0 cm³/mol. The quantitative estimate of drug-likeness (QED) is 0.728. The van der Waals surface area contributed by atoms with E-state index in [1.807, 2.05) is 24.3 Å². The highest BCUT2D eigenvalue weighted by atomic mass is 16.1. The van der Waals surface area contributed by atoms with Crippen LogP contribution in [0.5, 0.6) is 0 Å². The fourth-order valence-electron chi connectivity index (χ4n) is 2.50. The molecule has 0 fully saturated rings. The van der Waals surface area contributed by atoms with Crippen molar-refractivity contribution in [3.8, 4) is 22.6 Å². The van der Waals surface area contributed by atoms with Crippen molar-refractivity contribution in [3.63, 3.8) is 0 Å². The molecule has 0 radical (unpaired) electrons. The van der Waals surface area contributed by atoms with Gasteiger partial charge in [0, 0.05) is 35.3 Å². The van der Waals surface area contributed by atoms with E-state index in [4.69, 9.17) is 5.73 Å². The first-order chi connectivity index (χ1) is 11.0. The van der Waals surface area contributed by atoms with Crippen LogP contribution < -0.4 is 11.3 Å². The highest BCUT2D eigenvalue weighted by Gasteiger charge is 2.09. The normalized spacial score (nSPS) is 10.9. The molecule has 23 heavy (non-hydrogen) atoms. The molecular formula is C18H18N4O. The van der Waals surface area contributed by atoms with Crippen molar-refractivity contribution >= 4 is 5.69 Å². The number of hydrogen-bond acceptors (Lipinski definition) is 4. The van der Waals surface area contributed by atoms with Crippen molar-refractivity contribution in [2.75, 3.05) is 5.73 Å². The molecule has 0 amide bonds. The zero-order valence-electron chi connectivity index (χ0n) is 13.1. The summed E-state index contributed by atoms with van der Waals surface area (Å²) in [5.74, 6) is 0.842. The van der Waals surface area contributed by atoms with Gasteiger partial charge in [0.15, 0.2) is 0 Å². The first-order valence-electron chi connectivity index (χ1n) is 7.46. The molecule has 2 heterocycles. The Bertz CT molecular complexity index is 885. The number of aromatic nitrogens is 3. The van der Waals surface area contributed by atoms with Crippen molar-refractivity contribution in [1.82, 2.24) is 15.0 Å². The Balaban J connectivity index is 2.09. The lowest BCUT2D eigenvalue weighted by Gasteiger charge is -2.11. The van der Waals surface area contributed by atoms with Crippen molar-refractivity contribution in [2.24, 2.45) is 0 Å². The van der Waals surface area contributed by atoms with E-state index < -0.39 is 0 Å². The molecule has 3 N–H and O–H groups in total. The number of hydrogen-bond donors (Lipinski definition) is 2. The lowest BCUT2D eigenvalue weighted by molar-refractivity contribution is 0.870. The summed E-state index contributed by atoms with van der Waals surface area (Å²) in [6.45, 7) is 4.19. The van der Waals surface area contributed by atoms with Gasteiger partial charge in [0.1, 0.15) is 5.82 Å². The number of benzene rings is 1. The van der Waals surface area contributed by atoms with Crippen LogP contribution in [-0.2, 0) is 0 Å². The van der Waals surface area contributed by atoms with Gasteiger partial charge in [-0.15, -0.1) is 0 Å². The Kier molecular flexibility index (Phi) is 3.93. The molecule has 0 aliphatic carbocycles. The summed E-state index contributed by atoms with van der Waals surface area (Å²) in [7, 11) is 0. The van der Waals surface area contributed by atoms with Crippen LogP contribution in [0.1, 0.15) is 25.3 Å². The van der Waals surface area contributed by atoms with Gasteiger partial charge in [-0.05, 0) is 29.7 Å². The van der Waals surface area contributed by atoms with E-state index in [-0.39, 0.29) is 5.56 Å². The summed E-state index contributed by atoms with van der Waals surface area (Å²) >= 11 is 0. The summed E-state index contributed by atoms with van der Waals surface area (Å²) in [6, 6.07) is 10.9. The van der Waals surface area contributed by atoms with Crippen LogP contribution >= 0.6 is 0 Å². The number of anilines is 1. The number of pyridine rings is 1. The standard InChI is InChI=1S/C18H18N4O/c1-11(2)14-6-5-12(8-15(14)19)16-9-17(23)22-18(21-16)13-4-3-7-20-10-13/h3-11H,19H2,1-2H3,(H,21,22,23). The van der Waals surface area contributed by atoms with Gasteiger partial charge in [-0.2, -0.15) is 0 Å². The van der Waals surface area contributed by atoms with E-state index in [2.05, 4.69) is 28.8 Å². The third kappa shape index (κ3) is 3.13. The molecule has 0 saturated carbocycles. The minimum absolute atomic E-state index is 0.208. The van der Waals surface area contributed by atoms with Crippen LogP contribution in [-0.4, -0.2) is 15.0 Å². The lowest BCUT2D eigenvalue weighted by Crippen LogP contribution is -2.09. The van der Waals surface area contributed by atoms with E-state index in [9.17, 15) is 4.79 Å². The summed E-state index contributed by atoms with van der Waals surface area (Å²) in [5.41, 5.74) is 9.89. The number of rotatable bonds is 3. The third-order valence-electron chi connectivity index (χ3n) is 3.68. The van der Waals surface area contributed by atoms with Crippen LogP contribution in [0.25, 0.3) is 22.6 Å². The molecule has 2 aromatic heterocycles. The van der Waals surface area contributed by atoms with Gasteiger partial charge in [-0.1, -0.05) is 26.0 Å². The number of aromatic amines is 1. The molecule has 0 aliphatic heterocycles. The number of nitrogens with one attached hydrogen (secondary N) is 1. The Hall–Kier alpha value is -2.95. The number of H-pyrrole nitrogens is 1. The molecular weight excluding hydrogens is 288 g/mol. The SMILES string of the molecule is CC(C)c1ccc(-c2cc(=O)[nH]c(-c3cccnc3)n2)cc1N. The fourth-order valence-corrected chi connectivity index (χ4v) is 2.50. The topological polar surface area (TPSA) is 84.7 Å². The van der Waals surface area contributed by atoms with E-state index in [1.54, 1.807) is 18.5 Å². The van der Waals surface area contributed by atoms with Gasteiger partial charge in [0.05, 0.1) is 5.69 Å². The highest BCUT2D eigenvalue weighted by molar-refractivity contribution is 5.68. The maximum atomic E-state index is 12.0.